The molecule has 3 aromatic rings. The van der Waals surface area contributed by atoms with Crippen molar-refractivity contribution < 1.29 is 9.59 Å². The van der Waals surface area contributed by atoms with Crippen LogP contribution < -0.4 is 5.32 Å². The van der Waals surface area contributed by atoms with E-state index in [1.807, 2.05) is 36.1 Å². The van der Waals surface area contributed by atoms with Gasteiger partial charge in [0.05, 0.1) is 23.2 Å². The molecule has 2 aromatic heterocycles. The molecule has 0 unspecified atom stereocenters. The SMILES string of the molecule is CC(=O)N(C)[C@H]1CCN(C(=O)c2ccc(N[C@H](C)c3cccc4nn(C)cc34)nc2)C1. The second-order valence-electron chi connectivity index (χ2n) is 8.20. The van der Waals surface area contributed by atoms with Gasteiger partial charge in [0.1, 0.15) is 5.82 Å². The number of benzene rings is 1. The molecule has 1 fully saturated rings. The number of hydrogen-bond donors (Lipinski definition) is 1. The first-order valence-electron chi connectivity index (χ1n) is 10.5. The van der Waals surface area contributed by atoms with Crippen molar-refractivity contribution in [1.29, 1.82) is 0 Å². The van der Waals surface area contributed by atoms with Gasteiger partial charge >= 0.3 is 0 Å². The van der Waals surface area contributed by atoms with Crippen molar-refractivity contribution >= 4 is 28.5 Å². The highest BCUT2D eigenvalue weighted by molar-refractivity contribution is 5.94. The number of pyridine rings is 1. The monoisotopic (exact) mass is 420 g/mol. The summed E-state index contributed by atoms with van der Waals surface area (Å²) in [5.41, 5.74) is 2.66. The van der Waals surface area contributed by atoms with Gasteiger partial charge in [-0.2, -0.15) is 5.10 Å². The summed E-state index contributed by atoms with van der Waals surface area (Å²) in [7, 11) is 3.70. The van der Waals surface area contributed by atoms with Gasteiger partial charge in [-0.15, -0.1) is 0 Å². The summed E-state index contributed by atoms with van der Waals surface area (Å²) in [4.78, 5) is 32.4. The van der Waals surface area contributed by atoms with Gasteiger partial charge in [0, 0.05) is 51.9 Å². The Hall–Kier alpha value is -3.42. The predicted molar refractivity (Wildman–Crippen MR) is 120 cm³/mol. The molecule has 1 N–H and O–H groups in total. The lowest BCUT2D eigenvalue weighted by Crippen LogP contribution is -2.38. The molecule has 2 atom stereocenters. The summed E-state index contributed by atoms with van der Waals surface area (Å²) in [6.07, 6.45) is 4.43. The van der Waals surface area contributed by atoms with Crippen LogP contribution in [-0.4, -0.2) is 62.6 Å². The molecule has 0 radical (unpaired) electrons. The summed E-state index contributed by atoms with van der Waals surface area (Å²) in [6.45, 7) is 4.84. The molecular weight excluding hydrogens is 392 g/mol. The van der Waals surface area contributed by atoms with Gasteiger partial charge < -0.3 is 15.1 Å². The molecule has 1 aliphatic rings. The average molecular weight is 421 g/mol. The molecule has 0 saturated carbocycles. The Kier molecular flexibility index (Phi) is 5.63. The van der Waals surface area contributed by atoms with Crippen LogP contribution >= 0.6 is 0 Å². The van der Waals surface area contributed by atoms with Crippen molar-refractivity contribution in [2.75, 3.05) is 25.5 Å². The Morgan fingerprint density at radius 2 is 2.06 bits per heavy atom. The van der Waals surface area contributed by atoms with Crippen LogP contribution in [0, 0.1) is 0 Å². The van der Waals surface area contributed by atoms with Gasteiger partial charge in [-0.1, -0.05) is 12.1 Å². The van der Waals surface area contributed by atoms with Crippen LogP contribution in [-0.2, 0) is 11.8 Å². The highest BCUT2D eigenvalue weighted by Gasteiger charge is 2.30. The number of carbonyl (C=O) groups excluding carboxylic acids is 2. The molecule has 31 heavy (non-hydrogen) atoms. The number of amides is 2. The van der Waals surface area contributed by atoms with Crippen LogP contribution in [0.2, 0.25) is 0 Å². The maximum atomic E-state index is 12.8. The van der Waals surface area contributed by atoms with E-state index in [2.05, 4.69) is 28.4 Å². The number of likely N-dealkylation sites (tertiary alicyclic amines) is 1. The zero-order chi connectivity index (χ0) is 22.1. The molecule has 3 heterocycles. The Bertz CT molecular complexity index is 1110. The first-order valence-corrected chi connectivity index (χ1v) is 10.5. The van der Waals surface area contributed by atoms with Crippen LogP contribution in [0.15, 0.2) is 42.7 Å². The molecular formula is C23H28N6O2. The van der Waals surface area contributed by atoms with Gasteiger partial charge in [0.2, 0.25) is 5.91 Å². The lowest BCUT2D eigenvalue weighted by Gasteiger charge is -2.23. The molecule has 8 nitrogen and oxygen atoms in total. The summed E-state index contributed by atoms with van der Waals surface area (Å²) in [5, 5.41) is 8.99. The summed E-state index contributed by atoms with van der Waals surface area (Å²) >= 11 is 0. The van der Waals surface area contributed by atoms with Crippen molar-refractivity contribution in [2.45, 2.75) is 32.4 Å². The number of nitrogens with one attached hydrogen (secondary N) is 1. The number of nitrogens with zero attached hydrogens (tertiary/aromatic N) is 5. The van der Waals surface area contributed by atoms with Crippen molar-refractivity contribution in [3.63, 3.8) is 0 Å². The minimum absolute atomic E-state index is 0.0208. The number of hydrogen-bond acceptors (Lipinski definition) is 5. The maximum Gasteiger partial charge on any atom is 0.255 e. The number of rotatable bonds is 5. The predicted octanol–water partition coefficient (Wildman–Crippen LogP) is 2.83. The lowest BCUT2D eigenvalue weighted by atomic mass is 10.0. The number of aryl methyl sites for hydroxylation is 1. The normalized spacial score (nSPS) is 17.0. The van der Waals surface area contributed by atoms with Crippen molar-refractivity contribution in [3.05, 3.63) is 53.9 Å². The highest BCUT2D eigenvalue weighted by Crippen LogP contribution is 2.26. The first kappa shape index (κ1) is 20.8. The van der Waals surface area contributed by atoms with E-state index in [1.54, 1.807) is 36.0 Å². The van der Waals surface area contributed by atoms with E-state index in [1.165, 1.54) is 0 Å². The summed E-state index contributed by atoms with van der Waals surface area (Å²) < 4.78 is 1.82. The molecule has 4 rings (SSSR count). The Morgan fingerprint density at radius 1 is 1.26 bits per heavy atom. The third-order valence-corrected chi connectivity index (χ3v) is 6.03. The van der Waals surface area contributed by atoms with Crippen LogP contribution in [0.1, 0.15) is 42.2 Å². The minimum Gasteiger partial charge on any atom is -0.364 e. The zero-order valence-corrected chi connectivity index (χ0v) is 18.4. The number of carbonyl (C=O) groups is 2. The second kappa shape index (κ2) is 8.37. The van der Waals surface area contributed by atoms with E-state index >= 15 is 0 Å². The van der Waals surface area contributed by atoms with Crippen molar-refractivity contribution in [3.8, 4) is 0 Å². The molecule has 0 aliphatic carbocycles. The molecule has 1 saturated heterocycles. The van der Waals surface area contributed by atoms with Crippen LogP contribution in [0.25, 0.3) is 10.9 Å². The summed E-state index contributed by atoms with van der Waals surface area (Å²) in [5.74, 6) is 0.680. The van der Waals surface area contributed by atoms with E-state index in [9.17, 15) is 9.59 Å². The highest BCUT2D eigenvalue weighted by atomic mass is 16.2. The quantitative estimate of drug-likeness (QED) is 0.686. The molecule has 1 aliphatic heterocycles. The van der Waals surface area contributed by atoms with Gasteiger partial charge in [-0.05, 0) is 37.1 Å². The smallest absolute Gasteiger partial charge is 0.255 e. The third kappa shape index (κ3) is 4.23. The maximum absolute atomic E-state index is 12.8. The fourth-order valence-corrected chi connectivity index (χ4v) is 4.15. The van der Waals surface area contributed by atoms with Gasteiger partial charge in [0.15, 0.2) is 0 Å². The van der Waals surface area contributed by atoms with Crippen LogP contribution in [0.4, 0.5) is 5.82 Å². The summed E-state index contributed by atoms with van der Waals surface area (Å²) in [6, 6.07) is 9.84. The van der Waals surface area contributed by atoms with E-state index in [0.717, 1.165) is 22.9 Å². The lowest BCUT2D eigenvalue weighted by molar-refractivity contribution is -0.129. The van der Waals surface area contributed by atoms with Crippen LogP contribution in [0.3, 0.4) is 0 Å². The number of aromatic nitrogens is 3. The van der Waals surface area contributed by atoms with Crippen molar-refractivity contribution in [2.24, 2.45) is 7.05 Å². The topological polar surface area (TPSA) is 83.4 Å². The Labute approximate surface area is 181 Å². The fraction of sp³-hybridized carbons (Fsp3) is 0.391. The third-order valence-electron chi connectivity index (χ3n) is 6.03. The van der Waals surface area contributed by atoms with Crippen molar-refractivity contribution in [1.82, 2.24) is 24.6 Å². The molecule has 8 heteroatoms. The average Bonchev–Trinajstić information content (AvgIpc) is 3.38. The molecule has 0 spiro atoms. The second-order valence-corrected chi connectivity index (χ2v) is 8.20. The standard InChI is InChI=1S/C23H28N6O2/c1-15(19-6-5-7-21-20(19)14-27(3)26-21)25-22-9-8-17(12-24-22)23(31)29-11-10-18(13-29)28(4)16(2)30/h5-9,12,14-15,18H,10-11,13H2,1-4H3,(H,24,25)/t15-,18+/m1/s1. The van der Waals surface area contributed by atoms with Crippen LogP contribution in [0.5, 0.6) is 0 Å². The molecule has 162 valence electrons. The fourth-order valence-electron chi connectivity index (χ4n) is 4.15. The Balaban J connectivity index is 1.42. The van der Waals surface area contributed by atoms with Gasteiger partial charge in [-0.25, -0.2) is 4.98 Å². The number of anilines is 1. The van der Waals surface area contributed by atoms with E-state index < -0.39 is 0 Å². The first-order chi connectivity index (χ1) is 14.8. The molecule has 0 bridgehead atoms. The minimum atomic E-state index is -0.0494. The number of likely N-dealkylation sites (N-methyl/N-ethyl adjacent to an activating group) is 1. The molecule has 2 amide bonds. The van der Waals surface area contributed by atoms with Gasteiger partial charge in [-0.3, -0.25) is 14.3 Å². The van der Waals surface area contributed by atoms with E-state index in [0.29, 0.717) is 24.5 Å². The number of fused-ring (bicyclic) bond motifs is 1. The van der Waals surface area contributed by atoms with E-state index in [-0.39, 0.29) is 23.9 Å². The Morgan fingerprint density at radius 3 is 2.77 bits per heavy atom. The van der Waals surface area contributed by atoms with Gasteiger partial charge in [0.25, 0.3) is 5.91 Å². The molecule has 1 aromatic carbocycles. The largest absolute Gasteiger partial charge is 0.364 e. The zero-order valence-electron chi connectivity index (χ0n) is 18.4. The van der Waals surface area contributed by atoms with E-state index in [4.69, 9.17) is 0 Å².